The van der Waals surface area contributed by atoms with Crippen molar-refractivity contribution in [3.63, 3.8) is 0 Å². The number of amides is 2. The topological polar surface area (TPSA) is 53.1 Å². The summed E-state index contributed by atoms with van der Waals surface area (Å²) >= 11 is 0. The monoisotopic (exact) mass is 443 g/mol. The number of hydrogen-bond acceptors (Lipinski definition) is 4. The van der Waals surface area contributed by atoms with Crippen molar-refractivity contribution in [3.8, 4) is 0 Å². The van der Waals surface area contributed by atoms with Crippen molar-refractivity contribution in [1.29, 1.82) is 0 Å². The molecule has 0 N–H and O–H groups in total. The molecule has 3 aromatic rings. The molecule has 33 heavy (non-hydrogen) atoms. The van der Waals surface area contributed by atoms with Crippen LogP contribution >= 0.6 is 0 Å². The van der Waals surface area contributed by atoms with Gasteiger partial charge in [0.2, 0.25) is 11.8 Å². The molecule has 0 radical (unpaired) electrons. The van der Waals surface area contributed by atoms with Gasteiger partial charge in [0.15, 0.2) is 0 Å². The van der Waals surface area contributed by atoms with Gasteiger partial charge in [0.25, 0.3) is 0 Å². The first-order valence-electron chi connectivity index (χ1n) is 11.5. The zero-order valence-corrected chi connectivity index (χ0v) is 18.9. The second-order valence-corrected chi connectivity index (χ2v) is 8.86. The molecule has 2 saturated heterocycles. The van der Waals surface area contributed by atoms with E-state index in [2.05, 4.69) is 29.2 Å². The van der Waals surface area contributed by atoms with Gasteiger partial charge in [-0.3, -0.25) is 9.59 Å². The Balaban J connectivity index is 1.24. The normalized spacial score (nSPS) is 18.7. The van der Waals surface area contributed by atoms with Crippen LogP contribution in [0.3, 0.4) is 0 Å². The van der Waals surface area contributed by atoms with Crippen molar-refractivity contribution in [2.75, 3.05) is 49.7 Å². The maximum atomic E-state index is 13.2. The van der Waals surface area contributed by atoms with Crippen LogP contribution in [0, 0.1) is 5.92 Å². The molecule has 170 valence electrons. The van der Waals surface area contributed by atoms with Gasteiger partial charge < -0.3 is 19.4 Å². The van der Waals surface area contributed by atoms with E-state index in [0.29, 0.717) is 13.1 Å². The summed E-state index contributed by atoms with van der Waals surface area (Å²) in [6.07, 6.45) is 0.252. The summed E-state index contributed by atoms with van der Waals surface area (Å²) < 4.78 is 5.42. The molecule has 3 aromatic carbocycles. The van der Waals surface area contributed by atoms with Gasteiger partial charge in [-0.1, -0.05) is 48.5 Å². The highest BCUT2D eigenvalue weighted by molar-refractivity contribution is 6.06. The lowest BCUT2D eigenvalue weighted by Gasteiger charge is -2.29. The van der Waals surface area contributed by atoms with Gasteiger partial charge in [-0.2, -0.15) is 0 Å². The van der Waals surface area contributed by atoms with Crippen LogP contribution in [0.5, 0.6) is 0 Å². The number of fused-ring (bicyclic) bond motifs is 1. The van der Waals surface area contributed by atoms with Crippen LogP contribution in [-0.4, -0.2) is 56.6 Å². The standard InChI is InChI=1S/C27H29N3O3/c1-28(18-20-9-11-23(12-10-20)29-13-15-33-16-14-29)27(32)22-17-26(31)30(19-22)25-8-4-6-21-5-2-3-7-24(21)25/h2-12,22H,13-19H2,1H3. The van der Waals surface area contributed by atoms with Gasteiger partial charge in [-0.05, 0) is 29.1 Å². The smallest absolute Gasteiger partial charge is 0.228 e. The molecule has 1 unspecified atom stereocenters. The molecule has 2 aliphatic rings. The highest BCUT2D eigenvalue weighted by Crippen LogP contribution is 2.32. The van der Waals surface area contributed by atoms with Gasteiger partial charge in [0.05, 0.1) is 24.8 Å². The van der Waals surface area contributed by atoms with Crippen molar-refractivity contribution in [1.82, 2.24) is 4.90 Å². The third-order valence-electron chi connectivity index (χ3n) is 6.64. The first kappa shape index (κ1) is 21.5. The van der Waals surface area contributed by atoms with E-state index in [9.17, 15) is 9.59 Å². The van der Waals surface area contributed by atoms with E-state index in [1.807, 2.05) is 49.5 Å². The number of ether oxygens (including phenoxy) is 1. The van der Waals surface area contributed by atoms with Gasteiger partial charge in [-0.25, -0.2) is 0 Å². The minimum Gasteiger partial charge on any atom is -0.378 e. The summed E-state index contributed by atoms with van der Waals surface area (Å²) in [6, 6.07) is 22.4. The average Bonchev–Trinajstić information content (AvgIpc) is 3.25. The molecule has 0 spiro atoms. The summed E-state index contributed by atoms with van der Waals surface area (Å²) in [7, 11) is 1.82. The number of rotatable bonds is 5. The van der Waals surface area contributed by atoms with Crippen LogP contribution in [0.1, 0.15) is 12.0 Å². The van der Waals surface area contributed by atoms with E-state index in [0.717, 1.165) is 48.3 Å². The third kappa shape index (κ3) is 4.44. The van der Waals surface area contributed by atoms with Crippen LogP contribution in [0.2, 0.25) is 0 Å². The van der Waals surface area contributed by atoms with Crippen molar-refractivity contribution >= 4 is 34.0 Å². The quantitative estimate of drug-likeness (QED) is 0.604. The molecular weight excluding hydrogens is 414 g/mol. The maximum Gasteiger partial charge on any atom is 0.228 e. The molecule has 6 heteroatoms. The molecule has 0 saturated carbocycles. The van der Waals surface area contributed by atoms with Crippen molar-refractivity contribution in [2.45, 2.75) is 13.0 Å². The van der Waals surface area contributed by atoms with E-state index in [-0.39, 0.29) is 24.2 Å². The number of carbonyl (C=O) groups is 2. The first-order valence-corrected chi connectivity index (χ1v) is 11.5. The fraction of sp³-hybridized carbons (Fsp3) is 0.333. The lowest BCUT2D eigenvalue weighted by molar-refractivity contribution is -0.135. The predicted molar refractivity (Wildman–Crippen MR) is 130 cm³/mol. The number of benzene rings is 3. The van der Waals surface area contributed by atoms with Crippen LogP contribution < -0.4 is 9.80 Å². The van der Waals surface area contributed by atoms with Crippen molar-refractivity contribution in [2.24, 2.45) is 5.92 Å². The Morgan fingerprint density at radius 3 is 2.52 bits per heavy atom. The second kappa shape index (κ2) is 9.24. The minimum atomic E-state index is -0.325. The Bertz CT molecular complexity index is 1150. The second-order valence-electron chi connectivity index (χ2n) is 8.86. The molecule has 2 heterocycles. The van der Waals surface area contributed by atoms with E-state index in [1.165, 1.54) is 5.69 Å². The zero-order chi connectivity index (χ0) is 22.8. The van der Waals surface area contributed by atoms with Gasteiger partial charge >= 0.3 is 0 Å². The lowest BCUT2D eigenvalue weighted by atomic mass is 10.1. The summed E-state index contributed by atoms with van der Waals surface area (Å²) in [6.45, 7) is 4.28. The SMILES string of the molecule is CN(Cc1ccc(N2CCOCC2)cc1)C(=O)C1CC(=O)N(c2cccc3ccccc23)C1. The summed E-state index contributed by atoms with van der Waals surface area (Å²) in [4.78, 5) is 31.9. The number of hydrogen-bond donors (Lipinski definition) is 0. The van der Waals surface area contributed by atoms with E-state index in [4.69, 9.17) is 4.74 Å². The van der Waals surface area contributed by atoms with Crippen LogP contribution in [0.15, 0.2) is 66.7 Å². The average molecular weight is 444 g/mol. The Labute approximate surface area is 194 Å². The fourth-order valence-corrected chi connectivity index (χ4v) is 4.85. The van der Waals surface area contributed by atoms with Gasteiger partial charge in [0, 0.05) is 50.7 Å². The molecule has 2 aliphatic heterocycles. The molecule has 2 fully saturated rings. The molecule has 0 bridgehead atoms. The molecule has 0 aromatic heterocycles. The van der Waals surface area contributed by atoms with Crippen molar-refractivity contribution in [3.05, 3.63) is 72.3 Å². The molecule has 1 atom stereocenters. The van der Waals surface area contributed by atoms with Gasteiger partial charge in [0.1, 0.15) is 0 Å². The van der Waals surface area contributed by atoms with Crippen LogP contribution in [-0.2, 0) is 20.9 Å². The molecule has 0 aliphatic carbocycles. The minimum absolute atomic E-state index is 0.00738. The van der Waals surface area contributed by atoms with E-state index in [1.54, 1.807) is 9.80 Å². The fourth-order valence-electron chi connectivity index (χ4n) is 4.85. The molecular formula is C27H29N3O3. The van der Waals surface area contributed by atoms with E-state index >= 15 is 0 Å². The van der Waals surface area contributed by atoms with Crippen LogP contribution in [0.4, 0.5) is 11.4 Å². The van der Waals surface area contributed by atoms with Gasteiger partial charge in [-0.15, -0.1) is 0 Å². The largest absolute Gasteiger partial charge is 0.378 e. The molecule has 6 nitrogen and oxygen atoms in total. The number of carbonyl (C=O) groups excluding carboxylic acids is 2. The Kier molecular flexibility index (Phi) is 6.01. The Morgan fingerprint density at radius 2 is 1.73 bits per heavy atom. The van der Waals surface area contributed by atoms with Crippen molar-refractivity contribution < 1.29 is 14.3 Å². The third-order valence-corrected chi connectivity index (χ3v) is 6.64. The summed E-state index contributed by atoms with van der Waals surface area (Å²) in [5, 5.41) is 2.13. The van der Waals surface area contributed by atoms with E-state index < -0.39 is 0 Å². The van der Waals surface area contributed by atoms with Crippen LogP contribution in [0.25, 0.3) is 10.8 Å². The number of morpholine rings is 1. The number of nitrogens with zero attached hydrogens (tertiary/aromatic N) is 3. The molecule has 5 rings (SSSR count). The highest BCUT2D eigenvalue weighted by Gasteiger charge is 2.37. The predicted octanol–water partition coefficient (Wildman–Crippen LogP) is 3.69. The summed E-state index contributed by atoms with van der Waals surface area (Å²) in [5.41, 5.74) is 3.15. The summed E-state index contributed by atoms with van der Waals surface area (Å²) in [5.74, 6) is -0.301. The zero-order valence-electron chi connectivity index (χ0n) is 18.9. The number of anilines is 2. The first-order chi connectivity index (χ1) is 16.1. The maximum absolute atomic E-state index is 13.2. The Hall–Kier alpha value is -3.38. The highest BCUT2D eigenvalue weighted by atomic mass is 16.5. The Morgan fingerprint density at radius 1 is 1.00 bits per heavy atom. The molecule has 2 amide bonds. The lowest BCUT2D eigenvalue weighted by Crippen LogP contribution is -2.36.